The highest BCUT2D eigenvalue weighted by Crippen LogP contribution is 2.49. The van der Waals surface area contributed by atoms with E-state index in [0.717, 1.165) is 38.4 Å². The summed E-state index contributed by atoms with van der Waals surface area (Å²) in [6.07, 6.45) is 0. The van der Waals surface area contributed by atoms with Gasteiger partial charge < -0.3 is 5.73 Å². The minimum Gasteiger partial charge on any atom is -0.326 e. The van der Waals surface area contributed by atoms with Crippen LogP contribution in [0.4, 0.5) is 4.39 Å². The van der Waals surface area contributed by atoms with E-state index in [4.69, 9.17) is 5.73 Å². The molecular formula is C15H20FN3. The monoisotopic (exact) mass is 261 g/mol. The summed E-state index contributed by atoms with van der Waals surface area (Å²) in [4.78, 5) is 4.95. The standard InChI is InChI=1S/C15H20FN3/c1-14-6-18-8-15(13(14)17,9-19(7-14)10-18)11-3-2-4-12(16)5-11/h2-5,13H,6-10,17H2,1H3. The van der Waals surface area contributed by atoms with Crippen molar-refractivity contribution in [3.63, 3.8) is 0 Å². The zero-order valence-corrected chi connectivity index (χ0v) is 11.3. The molecule has 19 heavy (non-hydrogen) atoms. The van der Waals surface area contributed by atoms with E-state index < -0.39 is 0 Å². The average molecular weight is 261 g/mol. The smallest absolute Gasteiger partial charge is 0.123 e. The van der Waals surface area contributed by atoms with Gasteiger partial charge in [0, 0.05) is 43.1 Å². The van der Waals surface area contributed by atoms with Crippen LogP contribution in [0.2, 0.25) is 0 Å². The van der Waals surface area contributed by atoms with Gasteiger partial charge in [0.25, 0.3) is 0 Å². The van der Waals surface area contributed by atoms with Crippen molar-refractivity contribution in [2.24, 2.45) is 11.1 Å². The van der Waals surface area contributed by atoms with Crippen LogP contribution in [0.3, 0.4) is 0 Å². The zero-order valence-electron chi connectivity index (χ0n) is 11.3. The quantitative estimate of drug-likeness (QED) is 0.818. The number of benzene rings is 1. The van der Waals surface area contributed by atoms with Crippen LogP contribution in [0.5, 0.6) is 0 Å². The lowest BCUT2D eigenvalue weighted by Crippen LogP contribution is -2.80. The first-order valence-electron chi connectivity index (χ1n) is 6.98. The first kappa shape index (κ1) is 11.8. The highest BCUT2D eigenvalue weighted by Gasteiger charge is 2.60. The molecule has 5 rings (SSSR count). The van der Waals surface area contributed by atoms with Crippen LogP contribution in [0.1, 0.15) is 12.5 Å². The number of halogens is 1. The molecule has 4 aliphatic rings. The maximum Gasteiger partial charge on any atom is 0.123 e. The second kappa shape index (κ2) is 3.57. The van der Waals surface area contributed by atoms with Crippen molar-refractivity contribution in [1.29, 1.82) is 0 Å². The van der Waals surface area contributed by atoms with Gasteiger partial charge in [0.2, 0.25) is 0 Å². The molecule has 3 atom stereocenters. The Hall–Kier alpha value is -0.970. The maximum absolute atomic E-state index is 13.6. The van der Waals surface area contributed by atoms with Crippen molar-refractivity contribution < 1.29 is 4.39 Å². The van der Waals surface area contributed by atoms with E-state index in [2.05, 4.69) is 16.7 Å². The normalized spacial score (nSPS) is 47.6. The van der Waals surface area contributed by atoms with E-state index in [1.807, 2.05) is 12.1 Å². The van der Waals surface area contributed by atoms with Crippen LogP contribution < -0.4 is 5.73 Å². The van der Waals surface area contributed by atoms with E-state index in [9.17, 15) is 4.39 Å². The number of hydrogen-bond donors (Lipinski definition) is 1. The van der Waals surface area contributed by atoms with E-state index >= 15 is 0 Å². The predicted octanol–water partition coefficient (Wildman–Crippen LogP) is 0.999. The highest BCUT2D eigenvalue weighted by atomic mass is 19.1. The van der Waals surface area contributed by atoms with Crippen molar-refractivity contribution in [2.45, 2.75) is 18.4 Å². The van der Waals surface area contributed by atoms with Crippen LogP contribution in [-0.2, 0) is 5.41 Å². The molecule has 0 amide bonds. The van der Waals surface area contributed by atoms with Gasteiger partial charge in [0.15, 0.2) is 0 Å². The second-order valence-electron chi connectivity index (χ2n) is 6.91. The molecule has 4 heterocycles. The van der Waals surface area contributed by atoms with Gasteiger partial charge in [-0.1, -0.05) is 19.1 Å². The molecule has 0 aliphatic carbocycles. The third kappa shape index (κ3) is 1.48. The van der Waals surface area contributed by atoms with Gasteiger partial charge in [-0.3, -0.25) is 9.80 Å². The molecule has 3 unspecified atom stereocenters. The molecule has 4 heteroatoms. The van der Waals surface area contributed by atoms with Crippen molar-refractivity contribution >= 4 is 0 Å². The lowest BCUT2D eigenvalue weighted by atomic mass is 9.57. The van der Waals surface area contributed by atoms with E-state index in [-0.39, 0.29) is 22.7 Å². The first-order chi connectivity index (χ1) is 9.02. The minimum atomic E-state index is -0.157. The van der Waals surface area contributed by atoms with Crippen molar-refractivity contribution in [1.82, 2.24) is 9.80 Å². The fourth-order valence-corrected chi connectivity index (χ4v) is 4.74. The Morgan fingerprint density at radius 3 is 2.53 bits per heavy atom. The SMILES string of the molecule is CC12CN3CN(C1)CC(c1cccc(F)c1)(C3)C2N. The Bertz CT molecular complexity index is 516. The predicted molar refractivity (Wildman–Crippen MR) is 72.2 cm³/mol. The molecule has 0 aromatic heterocycles. The Labute approximate surface area is 113 Å². The number of hydrogen-bond acceptors (Lipinski definition) is 3. The fraction of sp³-hybridized carbons (Fsp3) is 0.600. The van der Waals surface area contributed by atoms with Crippen LogP contribution in [-0.4, -0.2) is 48.7 Å². The lowest BCUT2D eigenvalue weighted by molar-refractivity contribution is -0.142. The zero-order chi connectivity index (χ0) is 13.3. The summed E-state index contributed by atoms with van der Waals surface area (Å²) in [5.41, 5.74) is 7.73. The summed E-state index contributed by atoms with van der Waals surface area (Å²) in [6, 6.07) is 7.15. The molecule has 3 nitrogen and oxygen atoms in total. The van der Waals surface area contributed by atoms with Gasteiger partial charge >= 0.3 is 0 Å². The molecule has 0 saturated carbocycles. The van der Waals surface area contributed by atoms with Crippen LogP contribution in [0, 0.1) is 11.2 Å². The molecule has 1 aromatic carbocycles. The van der Waals surface area contributed by atoms with E-state index in [1.165, 1.54) is 6.07 Å². The molecule has 4 saturated heterocycles. The molecule has 2 N–H and O–H groups in total. The summed E-state index contributed by atoms with van der Waals surface area (Å²) < 4.78 is 13.6. The fourth-order valence-electron chi connectivity index (χ4n) is 4.74. The first-order valence-corrected chi connectivity index (χ1v) is 6.98. The van der Waals surface area contributed by atoms with Gasteiger partial charge in [-0.05, 0) is 17.7 Å². The molecule has 102 valence electrons. The summed E-state index contributed by atoms with van der Waals surface area (Å²) in [6.45, 7) is 7.39. The van der Waals surface area contributed by atoms with E-state index in [1.54, 1.807) is 6.07 Å². The molecule has 4 bridgehead atoms. The molecule has 0 spiro atoms. The summed E-state index contributed by atoms with van der Waals surface area (Å²) in [5.74, 6) is -0.157. The second-order valence-corrected chi connectivity index (χ2v) is 6.91. The number of rotatable bonds is 1. The Morgan fingerprint density at radius 2 is 1.89 bits per heavy atom. The molecule has 4 fully saturated rings. The Morgan fingerprint density at radius 1 is 1.21 bits per heavy atom. The molecule has 1 aromatic rings. The number of nitrogens with zero attached hydrogens (tertiary/aromatic N) is 2. The third-order valence-electron chi connectivity index (χ3n) is 5.33. The highest BCUT2D eigenvalue weighted by molar-refractivity contribution is 5.35. The lowest BCUT2D eigenvalue weighted by Gasteiger charge is -2.67. The largest absolute Gasteiger partial charge is 0.326 e. The molecular weight excluding hydrogens is 241 g/mol. The molecule has 4 aliphatic heterocycles. The molecule has 0 radical (unpaired) electrons. The number of piperidine rings is 2. The van der Waals surface area contributed by atoms with E-state index in [0.29, 0.717) is 0 Å². The van der Waals surface area contributed by atoms with Crippen molar-refractivity contribution in [3.8, 4) is 0 Å². The van der Waals surface area contributed by atoms with Gasteiger partial charge in [0.05, 0.1) is 6.67 Å². The van der Waals surface area contributed by atoms with Crippen LogP contribution in [0.15, 0.2) is 24.3 Å². The van der Waals surface area contributed by atoms with Gasteiger partial charge in [-0.2, -0.15) is 0 Å². The van der Waals surface area contributed by atoms with Gasteiger partial charge in [-0.15, -0.1) is 0 Å². The van der Waals surface area contributed by atoms with Gasteiger partial charge in [0.1, 0.15) is 5.82 Å². The van der Waals surface area contributed by atoms with Crippen LogP contribution >= 0.6 is 0 Å². The van der Waals surface area contributed by atoms with Crippen molar-refractivity contribution in [2.75, 3.05) is 32.8 Å². The third-order valence-corrected chi connectivity index (χ3v) is 5.33. The number of nitrogens with two attached hydrogens (primary N) is 1. The summed E-state index contributed by atoms with van der Waals surface area (Å²) in [5, 5.41) is 0. The summed E-state index contributed by atoms with van der Waals surface area (Å²) >= 11 is 0. The minimum absolute atomic E-state index is 0.106. The van der Waals surface area contributed by atoms with Crippen molar-refractivity contribution in [3.05, 3.63) is 35.6 Å². The average Bonchev–Trinajstić information content (AvgIpc) is 2.34. The van der Waals surface area contributed by atoms with Crippen LogP contribution in [0.25, 0.3) is 0 Å². The summed E-state index contributed by atoms with van der Waals surface area (Å²) in [7, 11) is 0. The Balaban J connectivity index is 1.85. The maximum atomic E-state index is 13.6. The Kier molecular flexibility index (Phi) is 2.22. The van der Waals surface area contributed by atoms with Gasteiger partial charge in [-0.25, -0.2) is 4.39 Å². The topological polar surface area (TPSA) is 32.5 Å².